The molecule has 0 heterocycles. The van der Waals surface area contributed by atoms with Gasteiger partial charge in [0.2, 0.25) is 0 Å². The van der Waals surface area contributed by atoms with Crippen molar-refractivity contribution in [3.05, 3.63) is 59.4 Å². The molecule has 0 bridgehead atoms. The summed E-state index contributed by atoms with van der Waals surface area (Å²) in [6.07, 6.45) is 6.26. The number of hydrogen-bond acceptors (Lipinski definition) is 0. The minimum absolute atomic E-state index is 0.174. The summed E-state index contributed by atoms with van der Waals surface area (Å²) in [5.41, 5.74) is 2.47. The Morgan fingerprint density at radius 3 is 2.38 bits per heavy atom. The van der Waals surface area contributed by atoms with Crippen LogP contribution in [0.15, 0.2) is 48.1 Å². The highest BCUT2D eigenvalue weighted by atomic mass is 19.1. The Bertz CT molecular complexity index is 357. The van der Waals surface area contributed by atoms with Gasteiger partial charge in [0.15, 0.2) is 0 Å². The third kappa shape index (κ3) is 1.55. The third-order valence-corrected chi connectivity index (χ3v) is 2.38. The first kappa shape index (κ1) is 8.24. The molecule has 0 saturated heterocycles. The molecule has 1 aliphatic carbocycles. The smallest absolute Gasteiger partial charge is 0.123 e. The van der Waals surface area contributed by atoms with Gasteiger partial charge in [0.05, 0.1) is 0 Å². The fraction of sp³-hybridized carbons (Fsp3) is 0.167. The topological polar surface area (TPSA) is 0 Å². The number of hydrogen-bond donors (Lipinski definition) is 0. The summed E-state index contributed by atoms with van der Waals surface area (Å²) in [6.45, 7) is 2.09. The molecule has 0 radical (unpaired) electrons. The van der Waals surface area contributed by atoms with Gasteiger partial charge >= 0.3 is 0 Å². The van der Waals surface area contributed by atoms with Crippen LogP contribution in [0.3, 0.4) is 0 Å². The first-order valence-corrected chi connectivity index (χ1v) is 4.38. The van der Waals surface area contributed by atoms with Gasteiger partial charge in [0.1, 0.15) is 5.82 Å². The van der Waals surface area contributed by atoms with Gasteiger partial charge in [0, 0.05) is 5.92 Å². The van der Waals surface area contributed by atoms with Gasteiger partial charge in [-0.1, -0.05) is 35.9 Å². The Hall–Kier alpha value is -1.37. The summed E-state index contributed by atoms with van der Waals surface area (Å²) in [6, 6.07) is 6.70. The standard InChI is InChI=1S/C12H11F/c1-9-3-2-4-12(9)10-5-7-11(13)8-6-10/h2-8,12H,1H3. The second-order valence-corrected chi connectivity index (χ2v) is 3.32. The van der Waals surface area contributed by atoms with Crippen molar-refractivity contribution < 1.29 is 4.39 Å². The van der Waals surface area contributed by atoms with Crippen LogP contribution in [-0.4, -0.2) is 0 Å². The van der Waals surface area contributed by atoms with E-state index in [1.807, 2.05) is 18.2 Å². The molecular formula is C12H11F. The molecule has 0 nitrogen and oxygen atoms in total. The van der Waals surface area contributed by atoms with Gasteiger partial charge in [-0.25, -0.2) is 4.39 Å². The lowest BCUT2D eigenvalue weighted by Crippen LogP contribution is -1.93. The van der Waals surface area contributed by atoms with Crippen molar-refractivity contribution in [3.8, 4) is 0 Å². The van der Waals surface area contributed by atoms with Gasteiger partial charge in [-0.3, -0.25) is 0 Å². The zero-order valence-electron chi connectivity index (χ0n) is 7.50. The summed E-state index contributed by atoms with van der Waals surface area (Å²) < 4.78 is 12.6. The molecule has 1 aliphatic rings. The lowest BCUT2D eigenvalue weighted by Gasteiger charge is -2.09. The summed E-state index contributed by atoms with van der Waals surface area (Å²) in [5.74, 6) is 0.174. The van der Waals surface area contributed by atoms with Crippen molar-refractivity contribution in [2.45, 2.75) is 12.8 Å². The minimum atomic E-state index is -0.174. The number of rotatable bonds is 1. The Morgan fingerprint density at radius 1 is 1.15 bits per heavy atom. The number of allylic oxidation sites excluding steroid dienone is 4. The molecule has 1 aromatic carbocycles. The number of halogens is 1. The molecule has 1 atom stereocenters. The highest BCUT2D eigenvalue weighted by Gasteiger charge is 2.12. The third-order valence-electron chi connectivity index (χ3n) is 2.38. The second-order valence-electron chi connectivity index (χ2n) is 3.32. The number of benzene rings is 1. The Balaban J connectivity index is 2.31. The Kier molecular flexibility index (Phi) is 2.01. The van der Waals surface area contributed by atoms with E-state index in [1.165, 1.54) is 17.7 Å². The SMILES string of the molecule is CC1=CC=CC1c1ccc(F)cc1. The van der Waals surface area contributed by atoms with E-state index in [1.54, 1.807) is 0 Å². The molecule has 1 heteroatoms. The molecule has 0 saturated carbocycles. The fourth-order valence-electron chi connectivity index (χ4n) is 1.62. The molecule has 0 N–H and O–H groups in total. The van der Waals surface area contributed by atoms with Crippen LogP contribution in [0.5, 0.6) is 0 Å². The van der Waals surface area contributed by atoms with Crippen LogP contribution in [0.1, 0.15) is 18.4 Å². The van der Waals surface area contributed by atoms with E-state index in [2.05, 4.69) is 19.1 Å². The van der Waals surface area contributed by atoms with Crippen molar-refractivity contribution >= 4 is 0 Å². The minimum Gasteiger partial charge on any atom is -0.207 e. The summed E-state index contributed by atoms with van der Waals surface area (Å²) in [4.78, 5) is 0. The van der Waals surface area contributed by atoms with E-state index >= 15 is 0 Å². The highest BCUT2D eigenvalue weighted by molar-refractivity contribution is 5.39. The summed E-state index contributed by atoms with van der Waals surface area (Å²) in [5, 5.41) is 0. The highest BCUT2D eigenvalue weighted by Crippen LogP contribution is 2.29. The normalized spacial score (nSPS) is 20.5. The Morgan fingerprint density at radius 2 is 1.85 bits per heavy atom. The van der Waals surface area contributed by atoms with Crippen LogP contribution >= 0.6 is 0 Å². The van der Waals surface area contributed by atoms with Crippen molar-refractivity contribution in [1.82, 2.24) is 0 Å². The maximum atomic E-state index is 12.6. The van der Waals surface area contributed by atoms with Crippen molar-refractivity contribution in [2.75, 3.05) is 0 Å². The zero-order chi connectivity index (χ0) is 9.26. The van der Waals surface area contributed by atoms with E-state index in [4.69, 9.17) is 0 Å². The molecule has 0 aliphatic heterocycles. The van der Waals surface area contributed by atoms with Crippen LogP contribution < -0.4 is 0 Å². The van der Waals surface area contributed by atoms with E-state index in [0.717, 1.165) is 5.56 Å². The van der Waals surface area contributed by atoms with E-state index in [0.29, 0.717) is 5.92 Å². The molecule has 0 spiro atoms. The average molecular weight is 174 g/mol. The van der Waals surface area contributed by atoms with Crippen LogP contribution in [-0.2, 0) is 0 Å². The molecule has 0 amide bonds. The van der Waals surface area contributed by atoms with Gasteiger partial charge in [-0.15, -0.1) is 0 Å². The molecule has 13 heavy (non-hydrogen) atoms. The summed E-state index contributed by atoms with van der Waals surface area (Å²) in [7, 11) is 0. The van der Waals surface area contributed by atoms with Gasteiger partial charge in [-0.2, -0.15) is 0 Å². The molecule has 1 unspecified atom stereocenters. The second kappa shape index (κ2) is 3.17. The predicted octanol–water partition coefficient (Wildman–Crippen LogP) is 3.43. The molecule has 2 rings (SSSR count). The zero-order valence-corrected chi connectivity index (χ0v) is 7.50. The molecule has 0 aromatic heterocycles. The van der Waals surface area contributed by atoms with Crippen LogP contribution in [0, 0.1) is 5.82 Å². The maximum absolute atomic E-state index is 12.6. The van der Waals surface area contributed by atoms with Gasteiger partial charge < -0.3 is 0 Å². The van der Waals surface area contributed by atoms with E-state index in [-0.39, 0.29) is 5.82 Å². The fourth-order valence-corrected chi connectivity index (χ4v) is 1.62. The van der Waals surface area contributed by atoms with E-state index < -0.39 is 0 Å². The van der Waals surface area contributed by atoms with Crippen LogP contribution in [0.25, 0.3) is 0 Å². The quantitative estimate of drug-likeness (QED) is 0.612. The molecular weight excluding hydrogens is 163 g/mol. The van der Waals surface area contributed by atoms with Crippen molar-refractivity contribution in [2.24, 2.45) is 0 Å². The van der Waals surface area contributed by atoms with Crippen LogP contribution in [0.2, 0.25) is 0 Å². The predicted molar refractivity (Wildman–Crippen MR) is 52.0 cm³/mol. The van der Waals surface area contributed by atoms with E-state index in [9.17, 15) is 4.39 Å². The average Bonchev–Trinajstić information content (AvgIpc) is 2.53. The van der Waals surface area contributed by atoms with Gasteiger partial charge in [0.25, 0.3) is 0 Å². The maximum Gasteiger partial charge on any atom is 0.123 e. The molecule has 1 aromatic rings. The largest absolute Gasteiger partial charge is 0.207 e. The van der Waals surface area contributed by atoms with Crippen LogP contribution in [0.4, 0.5) is 4.39 Å². The monoisotopic (exact) mass is 174 g/mol. The lowest BCUT2D eigenvalue weighted by atomic mass is 9.95. The summed E-state index contributed by atoms with van der Waals surface area (Å²) >= 11 is 0. The van der Waals surface area contributed by atoms with Crippen molar-refractivity contribution in [3.63, 3.8) is 0 Å². The molecule has 66 valence electrons. The molecule has 0 fully saturated rings. The first-order valence-electron chi connectivity index (χ1n) is 4.38. The van der Waals surface area contributed by atoms with Gasteiger partial charge in [-0.05, 0) is 24.6 Å². The van der Waals surface area contributed by atoms with Crippen molar-refractivity contribution in [1.29, 1.82) is 0 Å². The first-order chi connectivity index (χ1) is 6.27. The Labute approximate surface area is 77.4 Å². The lowest BCUT2D eigenvalue weighted by molar-refractivity contribution is 0.627.